The van der Waals surface area contributed by atoms with Crippen LogP contribution in [-0.4, -0.2) is 22.8 Å². The number of carbonyl (C=O) groups is 1. The number of hydrogen-bond donors (Lipinski definition) is 3. The van der Waals surface area contributed by atoms with Gasteiger partial charge in [-0.3, -0.25) is 4.79 Å². The molecule has 0 saturated heterocycles. The monoisotopic (exact) mass is 546 g/mol. The molecule has 0 aromatic carbocycles. The standard InChI is InChI=1S/C31H47ClN2O2S/c1-17(2)29(25-8-9-26(32)37-25)34-27(36)14-18(3)21-6-7-22-28-23(11-13-31(21,22)5)30(4)12-10-20(33)15-19(30)16-24(28)35/h8-9,17-19,21-24,28-29,33,35H,6-7,10-16H2,1-5H3,(H,34,36)/t18-,19?,21?,22+,23+,24?,28?,29?,30?,31?/m1/s1. The minimum atomic E-state index is -0.236. The number of thiophene rings is 1. The third-order valence-corrected chi connectivity index (χ3v) is 13.0. The van der Waals surface area contributed by atoms with Crippen LogP contribution in [0.25, 0.3) is 0 Å². The molecule has 6 heteroatoms. The average molecular weight is 547 g/mol. The zero-order valence-electron chi connectivity index (χ0n) is 23.4. The Hall–Kier alpha value is -0.910. The van der Waals surface area contributed by atoms with Crippen molar-refractivity contribution in [3.8, 4) is 0 Å². The number of nitrogens with one attached hydrogen (secondary N) is 2. The average Bonchev–Trinajstić information content (AvgIpc) is 3.41. The predicted octanol–water partition coefficient (Wildman–Crippen LogP) is 7.89. The molecule has 4 saturated carbocycles. The third-order valence-electron chi connectivity index (χ3n) is 11.7. The zero-order chi connectivity index (χ0) is 26.7. The van der Waals surface area contributed by atoms with Crippen molar-refractivity contribution < 1.29 is 9.90 Å². The van der Waals surface area contributed by atoms with Gasteiger partial charge in [0.2, 0.25) is 5.91 Å². The van der Waals surface area contributed by atoms with E-state index in [2.05, 4.69) is 39.9 Å². The Morgan fingerprint density at radius 1 is 1.16 bits per heavy atom. The summed E-state index contributed by atoms with van der Waals surface area (Å²) < 4.78 is 0.764. The molecule has 3 N–H and O–H groups in total. The second-order valence-electron chi connectivity index (χ2n) is 13.9. The molecule has 0 aliphatic heterocycles. The van der Waals surface area contributed by atoms with Crippen molar-refractivity contribution in [3.05, 3.63) is 21.3 Å². The number of aliphatic hydroxyl groups is 1. The maximum absolute atomic E-state index is 13.3. The van der Waals surface area contributed by atoms with Crippen LogP contribution < -0.4 is 5.32 Å². The lowest BCUT2D eigenvalue weighted by Crippen LogP contribution is -2.58. The van der Waals surface area contributed by atoms with Gasteiger partial charge < -0.3 is 15.8 Å². The van der Waals surface area contributed by atoms with E-state index in [0.29, 0.717) is 47.8 Å². The van der Waals surface area contributed by atoms with Gasteiger partial charge in [0.05, 0.1) is 16.5 Å². The van der Waals surface area contributed by atoms with Crippen molar-refractivity contribution in [2.24, 2.45) is 52.3 Å². The van der Waals surface area contributed by atoms with E-state index in [1.807, 2.05) is 12.1 Å². The summed E-state index contributed by atoms with van der Waals surface area (Å²) in [6, 6.07) is 3.96. The quantitative estimate of drug-likeness (QED) is 0.339. The van der Waals surface area contributed by atoms with E-state index in [4.69, 9.17) is 17.0 Å². The first-order chi connectivity index (χ1) is 17.4. The van der Waals surface area contributed by atoms with Gasteiger partial charge in [0.1, 0.15) is 0 Å². The van der Waals surface area contributed by atoms with Crippen molar-refractivity contribution >= 4 is 34.6 Å². The highest BCUT2D eigenvalue weighted by atomic mass is 35.5. The molecule has 5 rings (SSSR count). The minimum absolute atomic E-state index is 0.00241. The van der Waals surface area contributed by atoms with Gasteiger partial charge in [0.15, 0.2) is 0 Å². The Balaban J connectivity index is 1.28. The molecule has 0 radical (unpaired) electrons. The normalized spacial score (nSPS) is 41.0. The van der Waals surface area contributed by atoms with Crippen LogP contribution in [0.15, 0.2) is 12.1 Å². The van der Waals surface area contributed by atoms with Crippen LogP contribution in [0.1, 0.15) is 103 Å². The van der Waals surface area contributed by atoms with Crippen LogP contribution in [0, 0.1) is 57.7 Å². The molecule has 1 heterocycles. The Kier molecular flexibility index (Phi) is 7.66. The molecular formula is C31H47ClN2O2S. The van der Waals surface area contributed by atoms with E-state index >= 15 is 0 Å². The van der Waals surface area contributed by atoms with Crippen molar-refractivity contribution in [2.75, 3.05) is 0 Å². The molecule has 1 aromatic heterocycles. The smallest absolute Gasteiger partial charge is 0.220 e. The maximum Gasteiger partial charge on any atom is 0.220 e. The van der Waals surface area contributed by atoms with E-state index in [1.54, 1.807) is 11.3 Å². The molecule has 10 atom stereocenters. The SMILES string of the molecule is CC(C)C(NC(=O)C[C@@H](C)C1CC[C@H]2C3C(O)CC4CC(=N)CCC4(C)[C@H]3CCC12C)c1ccc(Cl)s1. The van der Waals surface area contributed by atoms with Crippen molar-refractivity contribution in [1.29, 1.82) is 5.41 Å². The van der Waals surface area contributed by atoms with Crippen LogP contribution in [0.3, 0.4) is 0 Å². The third kappa shape index (κ3) is 4.84. The van der Waals surface area contributed by atoms with Gasteiger partial charge in [0, 0.05) is 17.0 Å². The summed E-state index contributed by atoms with van der Waals surface area (Å²) in [5.41, 5.74) is 1.37. The molecule has 0 bridgehead atoms. The van der Waals surface area contributed by atoms with Crippen LogP contribution in [0.4, 0.5) is 0 Å². The fourth-order valence-electron chi connectivity index (χ4n) is 9.75. The Morgan fingerprint density at radius 3 is 2.57 bits per heavy atom. The highest BCUT2D eigenvalue weighted by Gasteiger charge is 2.62. The van der Waals surface area contributed by atoms with Crippen molar-refractivity contribution in [2.45, 2.75) is 105 Å². The second kappa shape index (κ2) is 10.2. The maximum atomic E-state index is 13.3. The van der Waals surface area contributed by atoms with Crippen LogP contribution in [0.5, 0.6) is 0 Å². The highest BCUT2D eigenvalue weighted by Crippen LogP contribution is 2.68. The fraction of sp³-hybridized carbons (Fsp3) is 0.806. The Bertz CT molecular complexity index is 1020. The van der Waals surface area contributed by atoms with Crippen LogP contribution in [-0.2, 0) is 4.79 Å². The number of fused-ring (bicyclic) bond motifs is 5. The minimum Gasteiger partial charge on any atom is -0.393 e. The largest absolute Gasteiger partial charge is 0.393 e. The zero-order valence-corrected chi connectivity index (χ0v) is 24.9. The topological polar surface area (TPSA) is 73.2 Å². The van der Waals surface area contributed by atoms with E-state index in [1.165, 1.54) is 25.7 Å². The number of aliphatic hydroxyl groups excluding tert-OH is 1. The lowest BCUT2D eigenvalue weighted by Gasteiger charge is -2.62. The molecule has 7 unspecified atom stereocenters. The van der Waals surface area contributed by atoms with Gasteiger partial charge >= 0.3 is 0 Å². The number of hydrogen-bond acceptors (Lipinski definition) is 4. The molecule has 0 spiro atoms. The molecule has 4 nitrogen and oxygen atoms in total. The van der Waals surface area contributed by atoms with Gasteiger partial charge in [-0.1, -0.05) is 46.2 Å². The number of rotatable bonds is 6. The summed E-state index contributed by atoms with van der Waals surface area (Å²) in [6.07, 6.45) is 8.92. The lowest BCUT2D eigenvalue weighted by molar-refractivity contribution is -0.157. The predicted molar refractivity (Wildman–Crippen MR) is 153 cm³/mol. The number of halogens is 1. The van der Waals surface area contributed by atoms with Crippen molar-refractivity contribution in [3.63, 3.8) is 0 Å². The fourth-order valence-corrected chi connectivity index (χ4v) is 11.0. The van der Waals surface area contributed by atoms with Gasteiger partial charge in [-0.2, -0.15) is 0 Å². The molecule has 1 aromatic rings. The molecule has 4 fully saturated rings. The summed E-state index contributed by atoms with van der Waals surface area (Å²) in [5, 5.41) is 23.1. The van der Waals surface area contributed by atoms with Gasteiger partial charge in [-0.05, 0) is 116 Å². The second-order valence-corrected chi connectivity index (χ2v) is 15.7. The summed E-state index contributed by atoms with van der Waals surface area (Å²) in [6.45, 7) is 11.6. The van der Waals surface area contributed by atoms with Crippen LogP contribution in [0.2, 0.25) is 4.34 Å². The molecule has 1 amide bonds. The van der Waals surface area contributed by atoms with Crippen molar-refractivity contribution in [1.82, 2.24) is 5.32 Å². The number of carbonyl (C=O) groups excluding carboxylic acids is 1. The summed E-state index contributed by atoms with van der Waals surface area (Å²) in [4.78, 5) is 14.4. The first-order valence-electron chi connectivity index (χ1n) is 14.7. The van der Waals surface area contributed by atoms with E-state index in [-0.39, 0.29) is 28.9 Å². The Labute approximate surface area is 232 Å². The van der Waals surface area contributed by atoms with E-state index in [0.717, 1.165) is 40.6 Å². The van der Waals surface area contributed by atoms with Gasteiger partial charge in [0.25, 0.3) is 0 Å². The molecule has 206 valence electrons. The summed E-state index contributed by atoms with van der Waals surface area (Å²) in [7, 11) is 0. The first-order valence-corrected chi connectivity index (χ1v) is 15.9. The molecule has 4 aliphatic rings. The van der Waals surface area contributed by atoms with E-state index in [9.17, 15) is 9.90 Å². The first kappa shape index (κ1) is 27.6. The van der Waals surface area contributed by atoms with E-state index < -0.39 is 0 Å². The molecule has 37 heavy (non-hydrogen) atoms. The molecule has 4 aliphatic carbocycles. The van der Waals surface area contributed by atoms with Crippen LogP contribution >= 0.6 is 22.9 Å². The lowest BCUT2D eigenvalue weighted by atomic mass is 9.43. The van der Waals surface area contributed by atoms with Gasteiger partial charge in [-0.15, -0.1) is 11.3 Å². The van der Waals surface area contributed by atoms with Gasteiger partial charge in [-0.25, -0.2) is 0 Å². The summed E-state index contributed by atoms with van der Waals surface area (Å²) in [5.74, 6) is 3.28. The Morgan fingerprint density at radius 2 is 1.89 bits per heavy atom. The molecular weight excluding hydrogens is 500 g/mol. The number of amides is 1. The summed E-state index contributed by atoms with van der Waals surface area (Å²) >= 11 is 7.74. The highest BCUT2D eigenvalue weighted by molar-refractivity contribution is 7.16.